The molecule has 1 fully saturated rings. The number of anilines is 2. The topological polar surface area (TPSA) is 29.3 Å². The van der Waals surface area contributed by atoms with Gasteiger partial charge in [-0.15, -0.1) is 0 Å². The third-order valence-corrected chi connectivity index (χ3v) is 3.09. The van der Waals surface area contributed by atoms with Gasteiger partial charge in [0.15, 0.2) is 0 Å². The van der Waals surface area contributed by atoms with E-state index in [2.05, 4.69) is 11.8 Å². The predicted octanol–water partition coefficient (Wildman–Crippen LogP) is 2.91. The summed E-state index contributed by atoms with van der Waals surface area (Å²) < 4.78 is 0. The van der Waals surface area contributed by atoms with Crippen molar-refractivity contribution in [3.8, 4) is 0 Å². The summed E-state index contributed by atoms with van der Waals surface area (Å²) in [5.74, 6) is 0. The average molecular weight is 211 g/mol. The molecule has 1 unspecified atom stereocenters. The van der Waals surface area contributed by atoms with E-state index in [1.54, 1.807) is 0 Å². The number of nitrogens with two attached hydrogens (primary N) is 1. The van der Waals surface area contributed by atoms with E-state index in [9.17, 15) is 0 Å². The van der Waals surface area contributed by atoms with Crippen LogP contribution in [0.3, 0.4) is 0 Å². The molecule has 3 heteroatoms. The molecule has 0 radical (unpaired) electrons. The minimum absolute atomic E-state index is 0.596. The van der Waals surface area contributed by atoms with Crippen molar-refractivity contribution < 1.29 is 0 Å². The van der Waals surface area contributed by atoms with Gasteiger partial charge in [0.25, 0.3) is 0 Å². The first kappa shape index (κ1) is 9.66. The maximum atomic E-state index is 5.94. The van der Waals surface area contributed by atoms with E-state index < -0.39 is 0 Å². The Morgan fingerprint density at radius 2 is 2.29 bits per heavy atom. The van der Waals surface area contributed by atoms with Gasteiger partial charge < -0.3 is 10.6 Å². The second-order valence-corrected chi connectivity index (χ2v) is 4.32. The van der Waals surface area contributed by atoms with E-state index in [-0.39, 0.29) is 0 Å². The molecule has 0 spiro atoms. The number of hydrogen-bond donors (Lipinski definition) is 1. The molecule has 0 aliphatic carbocycles. The first-order chi connectivity index (χ1) is 6.68. The van der Waals surface area contributed by atoms with Crippen LogP contribution in [0.2, 0.25) is 5.02 Å². The van der Waals surface area contributed by atoms with Crippen molar-refractivity contribution >= 4 is 23.0 Å². The van der Waals surface area contributed by atoms with Gasteiger partial charge in [0.05, 0.1) is 11.4 Å². The molecular weight excluding hydrogens is 196 g/mol. The van der Waals surface area contributed by atoms with Gasteiger partial charge in [0, 0.05) is 17.6 Å². The monoisotopic (exact) mass is 210 g/mol. The molecule has 0 aromatic heterocycles. The molecule has 0 amide bonds. The number of rotatable bonds is 1. The molecule has 0 bridgehead atoms. The van der Waals surface area contributed by atoms with Gasteiger partial charge in [0.2, 0.25) is 0 Å². The number of hydrogen-bond acceptors (Lipinski definition) is 2. The van der Waals surface area contributed by atoms with Gasteiger partial charge in [-0.25, -0.2) is 0 Å². The van der Waals surface area contributed by atoms with E-state index in [0.29, 0.717) is 11.1 Å². The lowest BCUT2D eigenvalue weighted by Crippen LogP contribution is -2.26. The van der Waals surface area contributed by atoms with Gasteiger partial charge in [-0.05, 0) is 38.0 Å². The van der Waals surface area contributed by atoms with Crippen LogP contribution in [0.1, 0.15) is 19.8 Å². The van der Waals surface area contributed by atoms with Crippen molar-refractivity contribution in [1.82, 2.24) is 0 Å². The average Bonchev–Trinajstić information content (AvgIpc) is 2.52. The largest absolute Gasteiger partial charge is 0.397 e. The summed E-state index contributed by atoms with van der Waals surface area (Å²) in [7, 11) is 0. The molecule has 14 heavy (non-hydrogen) atoms. The summed E-state index contributed by atoms with van der Waals surface area (Å²) in [5.41, 5.74) is 7.85. The quantitative estimate of drug-likeness (QED) is 0.723. The second kappa shape index (κ2) is 3.70. The predicted molar refractivity (Wildman–Crippen MR) is 61.9 cm³/mol. The number of benzene rings is 1. The Balaban J connectivity index is 2.31. The standard InChI is InChI=1S/C11H15ClN2/c1-8-3-2-6-14(8)11-5-4-9(12)7-10(11)13/h4-5,7-8H,2-3,6,13H2,1H3. The first-order valence-electron chi connectivity index (χ1n) is 5.00. The highest BCUT2D eigenvalue weighted by Crippen LogP contribution is 2.31. The van der Waals surface area contributed by atoms with Crippen molar-refractivity contribution in [2.45, 2.75) is 25.8 Å². The molecule has 76 valence electrons. The normalized spacial score (nSPS) is 21.6. The molecule has 2 nitrogen and oxygen atoms in total. The van der Waals surface area contributed by atoms with Gasteiger partial charge in [-0.2, -0.15) is 0 Å². The molecule has 1 heterocycles. The van der Waals surface area contributed by atoms with Crippen LogP contribution in [0.5, 0.6) is 0 Å². The van der Waals surface area contributed by atoms with Crippen molar-refractivity contribution in [3.63, 3.8) is 0 Å². The molecule has 0 saturated carbocycles. The molecule has 2 N–H and O–H groups in total. The van der Waals surface area contributed by atoms with Crippen LogP contribution in [0.25, 0.3) is 0 Å². The lowest BCUT2D eigenvalue weighted by Gasteiger charge is -2.25. The summed E-state index contributed by atoms with van der Waals surface area (Å²) in [6.07, 6.45) is 2.51. The Hall–Kier alpha value is -0.890. The zero-order valence-electron chi connectivity index (χ0n) is 8.33. The zero-order chi connectivity index (χ0) is 10.1. The van der Waals surface area contributed by atoms with Crippen molar-refractivity contribution in [2.24, 2.45) is 0 Å². The van der Waals surface area contributed by atoms with E-state index in [4.69, 9.17) is 17.3 Å². The Morgan fingerprint density at radius 1 is 1.50 bits per heavy atom. The van der Waals surface area contributed by atoms with Crippen molar-refractivity contribution in [2.75, 3.05) is 17.2 Å². The van der Waals surface area contributed by atoms with Crippen molar-refractivity contribution in [3.05, 3.63) is 23.2 Å². The van der Waals surface area contributed by atoms with E-state index in [0.717, 1.165) is 17.9 Å². The third-order valence-electron chi connectivity index (χ3n) is 2.85. The maximum absolute atomic E-state index is 5.94. The zero-order valence-corrected chi connectivity index (χ0v) is 9.09. The SMILES string of the molecule is CC1CCCN1c1ccc(Cl)cc1N. The fraction of sp³-hybridized carbons (Fsp3) is 0.455. The smallest absolute Gasteiger partial charge is 0.0603 e. The minimum atomic E-state index is 0.596. The summed E-state index contributed by atoms with van der Waals surface area (Å²) in [5, 5.41) is 0.707. The molecule has 1 aromatic rings. The van der Waals surface area contributed by atoms with Crippen LogP contribution in [-0.2, 0) is 0 Å². The van der Waals surface area contributed by atoms with E-state index >= 15 is 0 Å². The summed E-state index contributed by atoms with van der Waals surface area (Å²) in [6.45, 7) is 3.34. The van der Waals surface area contributed by atoms with E-state index in [1.165, 1.54) is 12.8 Å². The van der Waals surface area contributed by atoms with Gasteiger partial charge in [0.1, 0.15) is 0 Å². The highest BCUT2D eigenvalue weighted by molar-refractivity contribution is 6.31. The maximum Gasteiger partial charge on any atom is 0.0603 e. The van der Waals surface area contributed by atoms with Crippen LogP contribution in [0.15, 0.2) is 18.2 Å². The Labute approximate surface area is 89.7 Å². The summed E-state index contributed by atoms with van der Waals surface area (Å²) in [4.78, 5) is 2.35. The molecule has 2 rings (SSSR count). The lowest BCUT2D eigenvalue weighted by atomic mass is 10.2. The number of halogens is 1. The van der Waals surface area contributed by atoms with E-state index in [1.807, 2.05) is 18.2 Å². The lowest BCUT2D eigenvalue weighted by molar-refractivity contribution is 0.736. The molecule has 1 atom stereocenters. The van der Waals surface area contributed by atoms with Crippen LogP contribution in [0.4, 0.5) is 11.4 Å². The molecular formula is C11H15ClN2. The number of nitrogens with zero attached hydrogens (tertiary/aromatic N) is 1. The van der Waals surface area contributed by atoms with Gasteiger partial charge >= 0.3 is 0 Å². The summed E-state index contributed by atoms with van der Waals surface area (Å²) in [6, 6.07) is 6.33. The highest BCUT2D eigenvalue weighted by atomic mass is 35.5. The summed E-state index contributed by atoms with van der Waals surface area (Å²) >= 11 is 5.86. The third kappa shape index (κ3) is 1.67. The molecule has 1 aliphatic heterocycles. The second-order valence-electron chi connectivity index (χ2n) is 3.89. The van der Waals surface area contributed by atoms with Crippen LogP contribution in [0, 0.1) is 0 Å². The Morgan fingerprint density at radius 3 is 2.86 bits per heavy atom. The first-order valence-corrected chi connectivity index (χ1v) is 5.38. The van der Waals surface area contributed by atoms with Gasteiger partial charge in [-0.3, -0.25) is 0 Å². The van der Waals surface area contributed by atoms with Crippen LogP contribution >= 0.6 is 11.6 Å². The van der Waals surface area contributed by atoms with Crippen LogP contribution < -0.4 is 10.6 Å². The molecule has 1 aromatic carbocycles. The Kier molecular flexibility index (Phi) is 2.55. The van der Waals surface area contributed by atoms with Gasteiger partial charge in [-0.1, -0.05) is 11.6 Å². The molecule has 1 saturated heterocycles. The van der Waals surface area contributed by atoms with Crippen LogP contribution in [-0.4, -0.2) is 12.6 Å². The highest BCUT2D eigenvalue weighted by Gasteiger charge is 2.21. The minimum Gasteiger partial charge on any atom is -0.397 e. The fourth-order valence-corrected chi connectivity index (χ4v) is 2.26. The number of nitrogen functional groups attached to an aromatic ring is 1. The molecule has 1 aliphatic rings. The van der Waals surface area contributed by atoms with Crippen molar-refractivity contribution in [1.29, 1.82) is 0 Å². The fourth-order valence-electron chi connectivity index (χ4n) is 2.08. The Bertz CT molecular complexity index is 338.